The molecule has 0 bridgehead atoms. The smallest absolute Gasteiger partial charge is 0.292 e. The van der Waals surface area contributed by atoms with E-state index in [-0.39, 0.29) is 11.4 Å². The van der Waals surface area contributed by atoms with Gasteiger partial charge in [0.15, 0.2) is 0 Å². The fraction of sp³-hybridized carbons (Fsp3) is 0.455. The molecule has 1 aromatic rings. The Balaban J connectivity index is 2.13. The summed E-state index contributed by atoms with van der Waals surface area (Å²) in [6.07, 6.45) is 1.11. The average molecular weight is 221 g/mol. The van der Waals surface area contributed by atoms with Gasteiger partial charge in [-0.25, -0.2) is 0 Å². The maximum atomic E-state index is 10.6. The highest BCUT2D eigenvalue weighted by Crippen LogP contribution is 2.46. The first kappa shape index (κ1) is 10.7. The fourth-order valence-electron chi connectivity index (χ4n) is 1.73. The molecule has 1 aliphatic carbocycles. The van der Waals surface area contributed by atoms with Gasteiger partial charge < -0.3 is 11.1 Å². The molecule has 1 fully saturated rings. The van der Waals surface area contributed by atoms with Crippen molar-refractivity contribution in [2.45, 2.75) is 26.3 Å². The third kappa shape index (κ3) is 1.93. The fourth-order valence-corrected chi connectivity index (χ4v) is 1.73. The molecule has 0 saturated heterocycles. The molecule has 86 valence electrons. The third-order valence-corrected chi connectivity index (χ3v) is 3.08. The van der Waals surface area contributed by atoms with Crippen molar-refractivity contribution in [3.05, 3.63) is 28.3 Å². The van der Waals surface area contributed by atoms with Crippen LogP contribution in [0.2, 0.25) is 0 Å². The third-order valence-electron chi connectivity index (χ3n) is 3.08. The van der Waals surface area contributed by atoms with E-state index in [0.717, 1.165) is 12.1 Å². The number of rotatable bonds is 3. The zero-order chi connectivity index (χ0) is 11.9. The van der Waals surface area contributed by atoms with E-state index in [0.29, 0.717) is 11.5 Å². The largest absolute Gasteiger partial charge is 0.393 e. The number of nitrogens with zero attached hydrogens (tertiary/aromatic N) is 1. The highest BCUT2D eigenvalue weighted by atomic mass is 16.6. The predicted molar refractivity (Wildman–Crippen MR) is 63.3 cm³/mol. The lowest BCUT2D eigenvalue weighted by Gasteiger charge is -2.08. The van der Waals surface area contributed by atoms with Crippen LogP contribution in [0.3, 0.4) is 0 Å². The van der Waals surface area contributed by atoms with Gasteiger partial charge in [-0.3, -0.25) is 10.1 Å². The van der Waals surface area contributed by atoms with Crippen molar-refractivity contribution in [3.63, 3.8) is 0 Å². The number of anilines is 2. The number of hydrogen-bond donors (Lipinski definition) is 2. The van der Waals surface area contributed by atoms with E-state index in [1.807, 2.05) is 0 Å². The Morgan fingerprint density at radius 2 is 2.19 bits per heavy atom. The number of nitro groups is 1. The molecule has 0 aliphatic heterocycles. The summed E-state index contributed by atoms with van der Waals surface area (Å²) in [6, 6.07) is 5.19. The quantitative estimate of drug-likeness (QED) is 0.466. The summed E-state index contributed by atoms with van der Waals surface area (Å²) in [5.74, 6) is 0. The van der Waals surface area contributed by atoms with Crippen LogP contribution in [0.15, 0.2) is 18.2 Å². The molecule has 0 aromatic heterocycles. The minimum atomic E-state index is -0.472. The first-order valence-corrected chi connectivity index (χ1v) is 5.20. The van der Waals surface area contributed by atoms with Crippen molar-refractivity contribution in [1.29, 1.82) is 0 Å². The van der Waals surface area contributed by atoms with Crippen LogP contribution < -0.4 is 11.1 Å². The molecule has 1 saturated carbocycles. The Morgan fingerprint density at radius 3 is 2.62 bits per heavy atom. The molecule has 2 rings (SSSR count). The van der Waals surface area contributed by atoms with Crippen LogP contribution in [-0.4, -0.2) is 11.0 Å². The normalized spacial score (nSPS) is 21.5. The Hall–Kier alpha value is -1.78. The van der Waals surface area contributed by atoms with Crippen molar-refractivity contribution in [2.75, 3.05) is 11.1 Å². The van der Waals surface area contributed by atoms with E-state index in [1.54, 1.807) is 12.1 Å². The van der Waals surface area contributed by atoms with Gasteiger partial charge in [0, 0.05) is 17.8 Å². The highest BCUT2D eigenvalue weighted by Gasteiger charge is 2.45. The molecule has 0 spiro atoms. The van der Waals surface area contributed by atoms with E-state index < -0.39 is 4.92 Å². The zero-order valence-electron chi connectivity index (χ0n) is 9.36. The van der Waals surface area contributed by atoms with Crippen molar-refractivity contribution in [2.24, 2.45) is 5.41 Å². The lowest BCUT2D eigenvalue weighted by atomic mass is 10.2. The van der Waals surface area contributed by atoms with E-state index in [1.165, 1.54) is 6.07 Å². The van der Waals surface area contributed by atoms with Gasteiger partial charge in [0.25, 0.3) is 5.69 Å². The van der Waals surface area contributed by atoms with Gasteiger partial charge in [0.05, 0.1) is 4.92 Å². The summed E-state index contributed by atoms with van der Waals surface area (Å²) in [6.45, 7) is 4.36. The first-order valence-electron chi connectivity index (χ1n) is 5.20. The second-order valence-electron chi connectivity index (χ2n) is 4.92. The lowest BCUT2D eigenvalue weighted by molar-refractivity contribution is -0.383. The minimum absolute atomic E-state index is 0.0411. The number of nitrogens with one attached hydrogen (secondary N) is 1. The molecule has 0 radical (unpaired) electrons. The molecule has 3 N–H and O–H groups in total. The van der Waals surface area contributed by atoms with Crippen molar-refractivity contribution in [3.8, 4) is 0 Å². The molecular formula is C11H15N3O2. The van der Waals surface area contributed by atoms with Crippen molar-refractivity contribution >= 4 is 17.1 Å². The molecule has 5 nitrogen and oxygen atoms in total. The molecule has 5 heteroatoms. The molecule has 1 atom stereocenters. The van der Waals surface area contributed by atoms with E-state index in [2.05, 4.69) is 19.2 Å². The van der Waals surface area contributed by atoms with Crippen LogP contribution in [0, 0.1) is 15.5 Å². The standard InChI is InChI=1S/C11H15N3O2/c1-11(2)6-10(11)13-7-3-4-9(14(15)16)8(12)5-7/h3-5,10,13H,6,12H2,1-2H3. The summed E-state index contributed by atoms with van der Waals surface area (Å²) in [5, 5.41) is 13.9. The molecular weight excluding hydrogens is 206 g/mol. The number of nitrogen functional groups attached to an aromatic ring is 1. The summed E-state index contributed by atoms with van der Waals surface area (Å²) in [4.78, 5) is 10.1. The number of nitro benzene ring substituents is 1. The second-order valence-corrected chi connectivity index (χ2v) is 4.92. The van der Waals surface area contributed by atoms with Gasteiger partial charge in [-0.1, -0.05) is 13.8 Å². The van der Waals surface area contributed by atoms with Gasteiger partial charge >= 0.3 is 0 Å². The van der Waals surface area contributed by atoms with Gasteiger partial charge in [0.1, 0.15) is 5.69 Å². The maximum absolute atomic E-state index is 10.6. The van der Waals surface area contributed by atoms with Crippen LogP contribution in [-0.2, 0) is 0 Å². The molecule has 0 amide bonds. The molecule has 16 heavy (non-hydrogen) atoms. The SMILES string of the molecule is CC1(C)CC1Nc1ccc([N+](=O)[O-])c(N)c1. The van der Waals surface area contributed by atoms with Crippen LogP contribution in [0.25, 0.3) is 0 Å². The summed E-state index contributed by atoms with van der Waals surface area (Å²) in [5.41, 5.74) is 6.93. The monoisotopic (exact) mass is 221 g/mol. The summed E-state index contributed by atoms with van der Waals surface area (Å²) in [7, 11) is 0. The lowest BCUT2D eigenvalue weighted by Crippen LogP contribution is -2.08. The van der Waals surface area contributed by atoms with Gasteiger partial charge in [-0.15, -0.1) is 0 Å². The average Bonchev–Trinajstić information content (AvgIpc) is 2.72. The molecule has 1 unspecified atom stereocenters. The maximum Gasteiger partial charge on any atom is 0.292 e. The molecule has 0 heterocycles. The van der Waals surface area contributed by atoms with Gasteiger partial charge in [-0.05, 0) is 24.0 Å². The summed E-state index contributed by atoms with van der Waals surface area (Å²) < 4.78 is 0. The predicted octanol–water partition coefficient (Wildman–Crippen LogP) is 2.39. The number of nitrogens with two attached hydrogens (primary N) is 1. The van der Waals surface area contributed by atoms with Crippen LogP contribution in [0.5, 0.6) is 0 Å². The summed E-state index contributed by atoms with van der Waals surface area (Å²) >= 11 is 0. The van der Waals surface area contributed by atoms with E-state index in [4.69, 9.17) is 5.73 Å². The number of hydrogen-bond acceptors (Lipinski definition) is 4. The van der Waals surface area contributed by atoms with Gasteiger partial charge in [-0.2, -0.15) is 0 Å². The van der Waals surface area contributed by atoms with Crippen molar-refractivity contribution in [1.82, 2.24) is 0 Å². The van der Waals surface area contributed by atoms with Crippen molar-refractivity contribution < 1.29 is 4.92 Å². The topological polar surface area (TPSA) is 81.2 Å². The Bertz CT molecular complexity index is 443. The Labute approximate surface area is 93.8 Å². The van der Waals surface area contributed by atoms with Crippen LogP contribution in [0.4, 0.5) is 17.1 Å². The Morgan fingerprint density at radius 1 is 1.56 bits per heavy atom. The van der Waals surface area contributed by atoms with Crippen LogP contribution >= 0.6 is 0 Å². The molecule has 1 aromatic carbocycles. The van der Waals surface area contributed by atoms with E-state index in [9.17, 15) is 10.1 Å². The first-order chi connectivity index (χ1) is 7.40. The number of benzene rings is 1. The van der Waals surface area contributed by atoms with E-state index >= 15 is 0 Å². The second kappa shape index (κ2) is 3.37. The Kier molecular flexibility index (Phi) is 2.26. The minimum Gasteiger partial charge on any atom is -0.393 e. The zero-order valence-corrected chi connectivity index (χ0v) is 9.36. The van der Waals surface area contributed by atoms with Crippen LogP contribution in [0.1, 0.15) is 20.3 Å². The van der Waals surface area contributed by atoms with Gasteiger partial charge in [0.2, 0.25) is 0 Å². The highest BCUT2D eigenvalue weighted by molar-refractivity contribution is 5.66. The molecule has 1 aliphatic rings.